The Bertz CT molecular complexity index is 337. The van der Waals surface area contributed by atoms with Gasteiger partial charge in [-0.25, -0.2) is 4.79 Å². The monoisotopic (exact) mass is 240 g/mol. The molecule has 0 aromatic heterocycles. The first-order chi connectivity index (χ1) is 8.02. The average molecular weight is 240 g/mol. The van der Waals surface area contributed by atoms with Crippen LogP contribution in [-0.2, 0) is 9.53 Å². The first-order valence-corrected chi connectivity index (χ1v) is 5.38. The van der Waals surface area contributed by atoms with Crippen LogP contribution in [0.4, 0.5) is 4.79 Å². The van der Waals surface area contributed by atoms with Gasteiger partial charge in [0.05, 0.1) is 25.2 Å². The quantitative estimate of drug-likeness (QED) is 0.675. The standard InChI is InChI=1S/C11H16N2O4/c1-3-8(2)12-11(16)13-4-5-17-9(7-13)6-10(14)15/h1,8-9H,4-7H2,2H3,(H,12,16)(H,14,15). The maximum absolute atomic E-state index is 11.7. The van der Waals surface area contributed by atoms with E-state index in [9.17, 15) is 9.59 Å². The van der Waals surface area contributed by atoms with Crippen molar-refractivity contribution in [2.45, 2.75) is 25.5 Å². The van der Waals surface area contributed by atoms with Gasteiger partial charge >= 0.3 is 12.0 Å². The number of ether oxygens (including phenoxy) is 1. The SMILES string of the molecule is C#CC(C)NC(=O)N1CCOC(CC(=O)O)C1. The Morgan fingerprint density at radius 3 is 3.00 bits per heavy atom. The highest BCUT2D eigenvalue weighted by Gasteiger charge is 2.26. The summed E-state index contributed by atoms with van der Waals surface area (Å²) in [6.07, 6.45) is 4.60. The van der Waals surface area contributed by atoms with Crippen LogP contribution >= 0.6 is 0 Å². The van der Waals surface area contributed by atoms with Gasteiger partial charge in [-0.1, -0.05) is 5.92 Å². The summed E-state index contributed by atoms with van der Waals surface area (Å²) < 4.78 is 5.26. The van der Waals surface area contributed by atoms with Gasteiger partial charge in [-0.05, 0) is 6.92 Å². The summed E-state index contributed by atoms with van der Waals surface area (Å²) in [4.78, 5) is 23.8. The summed E-state index contributed by atoms with van der Waals surface area (Å²) in [6.45, 7) is 2.76. The molecule has 1 aliphatic heterocycles. The van der Waals surface area contributed by atoms with Crippen LogP contribution in [-0.4, -0.2) is 53.8 Å². The van der Waals surface area contributed by atoms with Crippen LogP contribution in [0.5, 0.6) is 0 Å². The number of aliphatic carboxylic acids is 1. The maximum atomic E-state index is 11.7. The molecule has 6 heteroatoms. The molecule has 1 saturated heterocycles. The van der Waals surface area contributed by atoms with E-state index in [0.29, 0.717) is 13.2 Å². The number of carbonyl (C=O) groups excluding carboxylic acids is 1. The maximum Gasteiger partial charge on any atom is 0.318 e. The normalized spacial score (nSPS) is 21.4. The van der Waals surface area contributed by atoms with E-state index in [1.807, 2.05) is 0 Å². The molecule has 2 atom stereocenters. The van der Waals surface area contributed by atoms with Crippen LogP contribution in [0.1, 0.15) is 13.3 Å². The number of terminal acetylenes is 1. The summed E-state index contributed by atoms with van der Waals surface area (Å²) in [5.74, 6) is 1.46. The van der Waals surface area contributed by atoms with Gasteiger partial charge in [0.15, 0.2) is 0 Å². The summed E-state index contributed by atoms with van der Waals surface area (Å²) in [5, 5.41) is 11.3. The zero-order valence-corrected chi connectivity index (χ0v) is 9.68. The molecule has 94 valence electrons. The van der Waals surface area contributed by atoms with Crippen molar-refractivity contribution in [3.05, 3.63) is 0 Å². The Hall–Kier alpha value is -1.74. The second-order valence-corrected chi connectivity index (χ2v) is 3.87. The summed E-state index contributed by atoms with van der Waals surface area (Å²) in [5.41, 5.74) is 0. The lowest BCUT2D eigenvalue weighted by molar-refractivity contribution is -0.141. The number of morpholine rings is 1. The van der Waals surface area contributed by atoms with Crippen molar-refractivity contribution in [3.63, 3.8) is 0 Å². The van der Waals surface area contributed by atoms with Gasteiger partial charge in [0.2, 0.25) is 0 Å². The van der Waals surface area contributed by atoms with Gasteiger partial charge in [0, 0.05) is 13.1 Å². The number of hydrogen-bond acceptors (Lipinski definition) is 3. The predicted octanol–water partition coefficient (Wildman–Crippen LogP) is -0.107. The Balaban J connectivity index is 2.46. The highest BCUT2D eigenvalue weighted by Crippen LogP contribution is 2.08. The third kappa shape index (κ3) is 4.33. The zero-order chi connectivity index (χ0) is 12.8. The van der Waals surface area contributed by atoms with Gasteiger partial charge in [0.25, 0.3) is 0 Å². The minimum absolute atomic E-state index is 0.103. The smallest absolute Gasteiger partial charge is 0.318 e. The lowest BCUT2D eigenvalue weighted by atomic mass is 10.2. The number of carbonyl (C=O) groups is 2. The van der Waals surface area contributed by atoms with E-state index >= 15 is 0 Å². The molecule has 0 radical (unpaired) electrons. The lowest BCUT2D eigenvalue weighted by Crippen LogP contribution is -2.51. The third-order valence-electron chi connectivity index (χ3n) is 2.42. The molecule has 1 fully saturated rings. The number of hydrogen-bond donors (Lipinski definition) is 2. The second-order valence-electron chi connectivity index (χ2n) is 3.87. The Labute approximate surface area is 99.9 Å². The minimum atomic E-state index is -0.936. The lowest BCUT2D eigenvalue weighted by Gasteiger charge is -2.32. The molecule has 17 heavy (non-hydrogen) atoms. The Morgan fingerprint density at radius 1 is 1.71 bits per heavy atom. The van der Waals surface area contributed by atoms with Gasteiger partial charge in [-0.3, -0.25) is 4.79 Å². The summed E-state index contributed by atoms with van der Waals surface area (Å²) in [7, 11) is 0. The molecule has 0 aromatic carbocycles. The average Bonchev–Trinajstić information content (AvgIpc) is 2.28. The van der Waals surface area contributed by atoms with Crippen LogP contribution < -0.4 is 5.32 Å². The molecule has 2 amide bonds. The van der Waals surface area contributed by atoms with Crippen molar-refractivity contribution in [2.24, 2.45) is 0 Å². The molecule has 0 saturated carbocycles. The molecule has 0 bridgehead atoms. The van der Waals surface area contributed by atoms with Crippen LogP contribution in [0.2, 0.25) is 0 Å². The number of carboxylic acid groups (broad SMARTS) is 1. The summed E-state index contributed by atoms with van der Waals surface area (Å²) in [6, 6.07) is -0.627. The van der Waals surface area contributed by atoms with E-state index in [2.05, 4.69) is 11.2 Å². The molecular weight excluding hydrogens is 224 g/mol. The Kier molecular flexibility index (Phi) is 4.79. The van der Waals surface area contributed by atoms with Crippen molar-refractivity contribution in [1.82, 2.24) is 10.2 Å². The molecule has 1 aliphatic rings. The fourth-order valence-electron chi connectivity index (χ4n) is 1.54. The Morgan fingerprint density at radius 2 is 2.41 bits per heavy atom. The molecule has 6 nitrogen and oxygen atoms in total. The molecule has 0 aromatic rings. The molecule has 0 aliphatic carbocycles. The topological polar surface area (TPSA) is 78.9 Å². The number of rotatable bonds is 3. The minimum Gasteiger partial charge on any atom is -0.481 e. The van der Waals surface area contributed by atoms with E-state index in [1.165, 1.54) is 4.90 Å². The first-order valence-electron chi connectivity index (χ1n) is 5.38. The second kappa shape index (κ2) is 6.11. The zero-order valence-electron chi connectivity index (χ0n) is 9.68. The molecular formula is C11H16N2O4. The number of urea groups is 1. The van der Waals surface area contributed by atoms with Gasteiger partial charge in [0.1, 0.15) is 0 Å². The number of carboxylic acids is 1. The number of nitrogens with one attached hydrogen (secondary N) is 1. The van der Waals surface area contributed by atoms with Gasteiger partial charge < -0.3 is 20.1 Å². The molecule has 1 rings (SSSR count). The van der Waals surface area contributed by atoms with Crippen LogP contribution in [0.25, 0.3) is 0 Å². The molecule has 1 heterocycles. The number of nitrogens with zero attached hydrogens (tertiary/aromatic N) is 1. The fourth-order valence-corrected chi connectivity index (χ4v) is 1.54. The van der Waals surface area contributed by atoms with Crippen molar-refractivity contribution in [1.29, 1.82) is 0 Å². The largest absolute Gasteiger partial charge is 0.481 e. The van der Waals surface area contributed by atoms with Crippen molar-refractivity contribution in [2.75, 3.05) is 19.7 Å². The first kappa shape index (κ1) is 13.3. The summed E-state index contributed by atoms with van der Waals surface area (Å²) >= 11 is 0. The van der Waals surface area contributed by atoms with Crippen molar-refractivity contribution in [3.8, 4) is 12.3 Å². The van der Waals surface area contributed by atoms with Crippen LogP contribution in [0, 0.1) is 12.3 Å². The number of amides is 2. The van der Waals surface area contributed by atoms with E-state index in [-0.39, 0.29) is 25.0 Å². The highest BCUT2D eigenvalue weighted by atomic mass is 16.5. The van der Waals surface area contributed by atoms with E-state index in [4.69, 9.17) is 16.3 Å². The van der Waals surface area contributed by atoms with Gasteiger partial charge in [-0.15, -0.1) is 6.42 Å². The van der Waals surface area contributed by atoms with Crippen LogP contribution in [0.15, 0.2) is 0 Å². The predicted molar refractivity (Wildman–Crippen MR) is 60.4 cm³/mol. The van der Waals surface area contributed by atoms with E-state index in [1.54, 1.807) is 6.92 Å². The molecule has 2 unspecified atom stereocenters. The van der Waals surface area contributed by atoms with Crippen molar-refractivity contribution < 1.29 is 19.4 Å². The van der Waals surface area contributed by atoms with Crippen molar-refractivity contribution >= 4 is 12.0 Å². The van der Waals surface area contributed by atoms with Crippen LogP contribution in [0.3, 0.4) is 0 Å². The third-order valence-corrected chi connectivity index (χ3v) is 2.42. The van der Waals surface area contributed by atoms with E-state index in [0.717, 1.165) is 0 Å². The highest BCUT2D eigenvalue weighted by molar-refractivity contribution is 5.75. The van der Waals surface area contributed by atoms with E-state index < -0.39 is 12.1 Å². The fraction of sp³-hybridized carbons (Fsp3) is 0.636. The molecule has 2 N–H and O–H groups in total. The van der Waals surface area contributed by atoms with Gasteiger partial charge in [-0.2, -0.15) is 0 Å². The molecule has 0 spiro atoms.